The van der Waals surface area contributed by atoms with Gasteiger partial charge in [-0.2, -0.15) is 19.9 Å². The summed E-state index contributed by atoms with van der Waals surface area (Å²) in [5, 5.41) is 24.8. The van der Waals surface area contributed by atoms with E-state index in [2.05, 4.69) is 102 Å². The predicted molar refractivity (Wildman–Crippen MR) is 444 cm³/mol. The molecule has 10 aromatic heterocycles. The van der Waals surface area contributed by atoms with Crippen molar-refractivity contribution in [2.45, 2.75) is 71.5 Å². The highest BCUT2D eigenvalue weighted by molar-refractivity contribution is 5.90. The minimum atomic E-state index is -1.18. The van der Waals surface area contributed by atoms with Gasteiger partial charge in [-0.3, -0.25) is 130 Å². The van der Waals surface area contributed by atoms with Gasteiger partial charge in [0.2, 0.25) is 88.8 Å². The summed E-state index contributed by atoms with van der Waals surface area (Å²) >= 11 is 0. The van der Waals surface area contributed by atoms with Gasteiger partial charge < -0.3 is 108 Å². The van der Waals surface area contributed by atoms with Crippen LogP contribution in [0.25, 0.3) is 44.7 Å². The van der Waals surface area contributed by atoms with E-state index in [0.717, 1.165) is 63.5 Å². The van der Waals surface area contributed by atoms with Gasteiger partial charge in [0.05, 0.1) is 76.5 Å². The van der Waals surface area contributed by atoms with Crippen LogP contribution in [0, 0.1) is 13.8 Å². The van der Waals surface area contributed by atoms with Crippen molar-refractivity contribution in [3.63, 3.8) is 0 Å². The van der Waals surface area contributed by atoms with E-state index in [1.807, 2.05) is 0 Å². The third kappa shape index (κ3) is 23.5. The van der Waals surface area contributed by atoms with Crippen LogP contribution in [-0.4, -0.2) is 333 Å². The maximum Gasteiger partial charge on any atom is 0.328 e. The normalized spacial score (nSPS) is 13.1. The van der Waals surface area contributed by atoms with Crippen LogP contribution in [0.4, 0.5) is 23.8 Å². The zero-order valence-electron chi connectivity index (χ0n) is 68.4. The van der Waals surface area contributed by atoms with Gasteiger partial charge >= 0.3 is 17.3 Å². The molecular weight excluding hydrogens is 1700 g/mol. The van der Waals surface area contributed by atoms with Gasteiger partial charge in [0, 0.05) is 115 Å². The molecule has 2 atom stereocenters. The second-order valence-corrected chi connectivity index (χ2v) is 29.1. The van der Waals surface area contributed by atoms with Gasteiger partial charge in [0.1, 0.15) is 32.7 Å². The lowest BCUT2D eigenvalue weighted by atomic mass is 10.1. The number of anilines is 4. The average Bonchev–Trinajstić information content (AvgIpc) is 1.67. The number of carboxylic acids is 1. The van der Waals surface area contributed by atoms with Crippen molar-refractivity contribution in [1.29, 1.82) is 0 Å². The number of nitrogens with one attached hydrogen (secondary N) is 12. The number of amides is 11. The number of nitrogens with zero attached hydrogens (tertiary/aromatic N) is 20. The van der Waals surface area contributed by atoms with Crippen molar-refractivity contribution in [3.05, 3.63) is 132 Å². The number of H-pyrrole nitrogens is 6. The van der Waals surface area contributed by atoms with E-state index in [9.17, 15) is 101 Å². The fourth-order valence-corrected chi connectivity index (χ4v) is 13.6. The van der Waals surface area contributed by atoms with Crippen LogP contribution in [0.15, 0.2) is 76.1 Å². The number of likely N-dealkylation sites (tertiary alicyclic amines) is 1. The number of hydrogen-bond acceptors (Lipinski definition) is 34. The maximum atomic E-state index is 14.5. The molecule has 23 N–H and O–H groups in total. The molecular formula is C70H89N37O21. The van der Waals surface area contributed by atoms with E-state index in [1.54, 1.807) is 4.90 Å². The summed E-state index contributed by atoms with van der Waals surface area (Å²) in [4.78, 5) is 319. The van der Waals surface area contributed by atoms with E-state index in [4.69, 9.17) is 28.7 Å². The fraction of sp³-hybridized carbons (Fsp3) is 0.429. The molecule has 1 aliphatic rings. The van der Waals surface area contributed by atoms with E-state index >= 15 is 0 Å². The van der Waals surface area contributed by atoms with Gasteiger partial charge in [-0.05, 0) is 20.3 Å². The Morgan fingerprint density at radius 2 is 0.719 bits per heavy atom. The summed E-state index contributed by atoms with van der Waals surface area (Å²) in [6, 6.07) is -1.64. The molecule has 11 heterocycles. The first-order chi connectivity index (χ1) is 61.0. The number of aliphatic carboxylic acids is 1. The maximum absolute atomic E-state index is 14.5. The van der Waals surface area contributed by atoms with E-state index in [1.165, 1.54) is 39.9 Å². The Morgan fingerprint density at radius 3 is 1.05 bits per heavy atom. The molecule has 128 heavy (non-hydrogen) atoms. The molecule has 680 valence electrons. The Bertz CT molecular complexity index is 6480. The Labute approximate surface area is 714 Å². The van der Waals surface area contributed by atoms with Crippen LogP contribution in [0.1, 0.15) is 30.0 Å². The Balaban J connectivity index is 0.769. The first-order valence-electron chi connectivity index (χ1n) is 39.1. The molecule has 0 aliphatic carbocycles. The van der Waals surface area contributed by atoms with Gasteiger partial charge in [-0.25, -0.2) is 29.5 Å². The molecule has 0 saturated carbocycles. The Kier molecular flexibility index (Phi) is 29.6. The van der Waals surface area contributed by atoms with Gasteiger partial charge in [0.25, 0.3) is 33.4 Å². The second-order valence-electron chi connectivity index (χ2n) is 29.1. The van der Waals surface area contributed by atoms with Crippen LogP contribution in [0.3, 0.4) is 0 Å². The molecule has 58 nitrogen and oxygen atoms in total. The molecule has 0 spiro atoms. The van der Waals surface area contributed by atoms with Crippen molar-refractivity contribution in [2.24, 2.45) is 5.73 Å². The number of fused-ring (bicyclic) bond motifs is 4. The van der Waals surface area contributed by atoms with Crippen molar-refractivity contribution >= 4 is 139 Å². The van der Waals surface area contributed by atoms with Gasteiger partial charge in [-0.15, -0.1) is 0 Å². The standard InChI is InChI=1S/C70H89N37O21/c1-35-18-102(69(127)94-58(35)120)26-44(113)97(11-4-71)21-39(108)77-7-13-99(46(115)28-104-32-83-51-55(104)87-66(73)91-62(51)124)23-41(110)79-9-15-101(48(117)30-106-34-85-53-57(106)89-68(75)93-64(53)126)25-43(112)80-10-16-100(47(116)29-105-33-84-52-56(105)88-67(74)92-63(52)125)24-42(111)78-8-14-98(45(114)27-103-31-82-50-54(103)86-65(72)90-61(50)123)22-40(109)76-6-12-96-20-37(107-19-36(2)59(121)95-70(107)128)17-38(96)60(122)81-5-3-49(118)119/h18-19,31-34,37-38H,3-17,20-30,71H2,1-2H3,(H,76,109)(H,77,108)(H,78,111)(H,79,110)(H,80,112)(H,81,122)(H,118,119)(H,94,120,127)(H,95,121,128)(H3,72,86,90,123)(H3,73,87,91,124)(H3,74,88,92,125)(H3,75,89,93,126)/t37-,38-/m0/s1. The number of aromatic amines is 6. The minimum absolute atomic E-state index is 0.0287. The minimum Gasteiger partial charge on any atom is -0.481 e. The highest BCUT2D eigenvalue weighted by Crippen LogP contribution is 2.27. The third-order valence-corrected chi connectivity index (χ3v) is 19.9. The molecule has 1 aliphatic heterocycles. The summed E-state index contributed by atoms with van der Waals surface area (Å²) in [5.41, 5.74) is 22.1. The molecule has 10 aromatic rings. The zero-order chi connectivity index (χ0) is 92.5. The summed E-state index contributed by atoms with van der Waals surface area (Å²) in [6.45, 7) is -8.18. The number of carbonyl (C=O) groups is 12. The molecule has 0 unspecified atom stereocenters. The number of rotatable bonds is 42. The van der Waals surface area contributed by atoms with Gasteiger partial charge in [-0.1, -0.05) is 0 Å². The van der Waals surface area contributed by atoms with Crippen LogP contribution >= 0.6 is 0 Å². The summed E-state index contributed by atoms with van der Waals surface area (Å²) < 4.78 is 6.83. The molecule has 1 fully saturated rings. The Morgan fingerprint density at radius 1 is 0.406 bits per heavy atom. The SMILES string of the molecule is Cc1cn(CC(=O)N(CCN)CC(=O)NCCN(CC(=O)NCCN(CC(=O)NCCN(CC(=O)NCCN(CC(=O)NCCN2C[C@@H](n3cc(C)c(=O)[nH]c3=O)C[C@H]2C(=O)NCCC(=O)O)C(=O)Cn2cnc3c(=O)[nH]c(N)nc32)C(=O)Cn2cnc3c(=O)[nH]c(N)nc32)C(=O)Cn2cnc3c(=O)[nH]c(N)nc32)C(=O)Cn2cnc3c(=O)[nH]c(N)nc32)c(=O)[nH]c1=O. The zero-order valence-corrected chi connectivity index (χ0v) is 68.4. The highest BCUT2D eigenvalue weighted by atomic mass is 16.4. The number of nitrogen functional groups attached to an aromatic ring is 4. The lowest BCUT2D eigenvalue weighted by Crippen LogP contribution is -2.50. The summed E-state index contributed by atoms with van der Waals surface area (Å²) in [6.07, 6.45) is 6.57. The molecule has 0 aromatic carbocycles. The van der Waals surface area contributed by atoms with Crippen LogP contribution < -0.4 is 105 Å². The number of aromatic nitrogens is 20. The summed E-state index contributed by atoms with van der Waals surface area (Å²) in [5.74, 6) is -11.4. The molecule has 58 heteroatoms. The van der Waals surface area contributed by atoms with Crippen LogP contribution in [-0.2, 0) is 90.3 Å². The van der Waals surface area contributed by atoms with E-state index in [-0.39, 0.29) is 132 Å². The second kappa shape index (κ2) is 41.1. The predicted octanol–water partition coefficient (Wildman–Crippen LogP) is -13.5. The smallest absolute Gasteiger partial charge is 0.328 e. The number of aryl methyl sites for hydroxylation is 2. The van der Waals surface area contributed by atoms with Crippen LogP contribution in [0.2, 0.25) is 0 Å². The molecule has 0 radical (unpaired) electrons. The molecule has 1 saturated heterocycles. The number of nitrogens with two attached hydrogens (primary N) is 5. The third-order valence-electron chi connectivity index (χ3n) is 19.9. The first-order valence-corrected chi connectivity index (χ1v) is 39.1. The lowest BCUT2D eigenvalue weighted by Gasteiger charge is -2.26. The number of hydrogen-bond donors (Lipinski definition) is 18. The van der Waals surface area contributed by atoms with Crippen molar-refractivity contribution in [2.75, 3.05) is 147 Å². The molecule has 11 rings (SSSR count). The van der Waals surface area contributed by atoms with Crippen molar-refractivity contribution in [3.8, 4) is 0 Å². The van der Waals surface area contributed by atoms with Crippen LogP contribution in [0.5, 0.6) is 0 Å². The van der Waals surface area contributed by atoms with Gasteiger partial charge in [0.15, 0.2) is 44.7 Å². The largest absolute Gasteiger partial charge is 0.481 e. The quantitative estimate of drug-likeness (QED) is 0.0169. The number of carboxylic acid groups (broad SMARTS) is 1. The first kappa shape index (κ1) is 92.2. The summed E-state index contributed by atoms with van der Waals surface area (Å²) in [7, 11) is 0. The van der Waals surface area contributed by atoms with E-state index in [0.29, 0.717) is 0 Å². The molecule has 11 amide bonds. The average molecular weight is 1780 g/mol. The lowest BCUT2D eigenvalue weighted by molar-refractivity contribution is -0.138. The highest BCUT2D eigenvalue weighted by Gasteiger charge is 2.39. The monoisotopic (exact) mass is 1780 g/mol. The Hall–Kier alpha value is -16.5. The topological polar surface area (TPSA) is 811 Å². The van der Waals surface area contributed by atoms with Crippen molar-refractivity contribution in [1.82, 2.24) is 158 Å². The van der Waals surface area contributed by atoms with Crippen molar-refractivity contribution < 1.29 is 62.6 Å². The van der Waals surface area contributed by atoms with E-state index < -0.39 is 245 Å². The fourth-order valence-electron chi connectivity index (χ4n) is 13.6. The molecule has 0 bridgehead atoms. The number of carbonyl (C=O) groups excluding carboxylic acids is 11. The number of imidazole rings is 4.